The van der Waals surface area contributed by atoms with Crippen LogP contribution in [0.4, 0.5) is 10.1 Å². The molecule has 0 saturated heterocycles. The van der Waals surface area contributed by atoms with Gasteiger partial charge in [0.2, 0.25) is 0 Å². The second-order valence-electron chi connectivity index (χ2n) is 9.14. The van der Waals surface area contributed by atoms with Crippen molar-refractivity contribution in [3.05, 3.63) is 108 Å². The molecule has 0 amide bonds. The molecular weight excluding hydrogens is 449 g/mol. The molecule has 5 nitrogen and oxygen atoms in total. The number of halogens is 1. The van der Waals surface area contributed by atoms with Crippen LogP contribution in [0.1, 0.15) is 30.7 Å². The number of nitrogens with one attached hydrogen (secondary N) is 3. The number of H-pyrrole nitrogens is 2. The van der Waals surface area contributed by atoms with Gasteiger partial charge in [-0.05, 0) is 73.9 Å². The fraction of sp³-hybridized carbons (Fsp3) is 0.133. The minimum atomic E-state index is -0.274. The SMILES string of the molecule is C=C/C=C(/c1cccc(F)c1)c1cc(-c2n[nH]c3ccc(-c4cncc(NC(C)C)c4)cc23)[nH]c1C. The molecule has 0 aliphatic carbocycles. The fourth-order valence-electron chi connectivity index (χ4n) is 4.49. The van der Waals surface area contributed by atoms with Crippen LogP contribution in [0.25, 0.3) is 39.0 Å². The van der Waals surface area contributed by atoms with E-state index in [1.807, 2.05) is 37.5 Å². The molecule has 180 valence electrons. The number of pyridine rings is 1. The van der Waals surface area contributed by atoms with Crippen molar-refractivity contribution in [1.29, 1.82) is 0 Å². The Morgan fingerprint density at radius 2 is 1.92 bits per heavy atom. The van der Waals surface area contributed by atoms with E-state index in [0.29, 0.717) is 6.04 Å². The number of anilines is 1. The smallest absolute Gasteiger partial charge is 0.123 e. The van der Waals surface area contributed by atoms with E-state index in [1.165, 1.54) is 12.1 Å². The lowest BCUT2D eigenvalue weighted by atomic mass is 9.97. The van der Waals surface area contributed by atoms with Gasteiger partial charge >= 0.3 is 0 Å². The van der Waals surface area contributed by atoms with Gasteiger partial charge in [-0.1, -0.05) is 36.9 Å². The third-order valence-electron chi connectivity index (χ3n) is 6.07. The van der Waals surface area contributed by atoms with Gasteiger partial charge in [-0.3, -0.25) is 10.1 Å². The summed E-state index contributed by atoms with van der Waals surface area (Å²) in [5.74, 6) is -0.274. The second kappa shape index (κ2) is 9.66. The molecule has 3 aromatic heterocycles. The second-order valence-corrected chi connectivity index (χ2v) is 9.14. The molecular formula is C30H28FN5. The fourth-order valence-corrected chi connectivity index (χ4v) is 4.49. The summed E-state index contributed by atoms with van der Waals surface area (Å²) in [7, 11) is 0. The number of fused-ring (bicyclic) bond motifs is 1. The Kier molecular flexibility index (Phi) is 6.25. The third-order valence-corrected chi connectivity index (χ3v) is 6.07. The number of nitrogens with zero attached hydrogens (tertiary/aromatic N) is 2. The Labute approximate surface area is 209 Å². The maximum atomic E-state index is 14.0. The van der Waals surface area contributed by atoms with Crippen molar-refractivity contribution in [3.63, 3.8) is 0 Å². The molecule has 2 aromatic carbocycles. The number of benzene rings is 2. The van der Waals surface area contributed by atoms with Crippen LogP contribution in [0.15, 0.2) is 85.7 Å². The van der Waals surface area contributed by atoms with Crippen LogP contribution in [0.3, 0.4) is 0 Å². The zero-order valence-electron chi connectivity index (χ0n) is 20.6. The van der Waals surface area contributed by atoms with Gasteiger partial charge in [0.1, 0.15) is 11.5 Å². The van der Waals surface area contributed by atoms with Gasteiger partial charge in [0.05, 0.1) is 16.9 Å². The van der Waals surface area contributed by atoms with E-state index in [2.05, 4.69) is 70.2 Å². The maximum Gasteiger partial charge on any atom is 0.123 e. The van der Waals surface area contributed by atoms with E-state index in [9.17, 15) is 4.39 Å². The summed E-state index contributed by atoms with van der Waals surface area (Å²) in [6.45, 7) is 10.1. The van der Waals surface area contributed by atoms with Crippen molar-refractivity contribution in [2.24, 2.45) is 0 Å². The molecule has 3 N–H and O–H groups in total. The van der Waals surface area contributed by atoms with Crippen molar-refractivity contribution in [3.8, 4) is 22.5 Å². The van der Waals surface area contributed by atoms with Gasteiger partial charge in [-0.25, -0.2) is 4.39 Å². The standard InChI is InChI=1S/C30H28FN5/c1-5-7-25(21-8-6-9-23(31)12-21)26-15-29(34-19(26)4)30-27-14-20(10-11-28(27)35-36-30)22-13-24(17-32-16-22)33-18(2)3/h5-18,33-34H,1H2,2-4H3,(H,35,36)/b25-7-. The quantitative estimate of drug-likeness (QED) is 0.213. The lowest BCUT2D eigenvalue weighted by Crippen LogP contribution is -2.09. The largest absolute Gasteiger partial charge is 0.382 e. The van der Waals surface area contributed by atoms with Crippen molar-refractivity contribution in [1.82, 2.24) is 20.2 Å². The van der Waals surface area contributed by atoms with E-state index in [4.69, 9.17) is 0 Å². The molecule has 0 radical (unpaired) electrons. The van der Waals surface area contributed by atoms with Crippen LogP contribution in [-0.4, -0.2) is 26.2 Å². The highest BCUT2D eigenvalue weighted by atomic mass is 19.1. The number of hydrogen-bond acceptors (Lipinski definition) is 3. The molecule has 0 spiro atoms. The van der Waals surface area contributed by atoms with Gasteiger partial charge < -0.3 is 10.3 Å². The van der Waals surface area contributed by atoms with Crippen LogP contribution in [0.2, 0.25) is 0 Å². The first kappa shape index (κ1) is 23.3. The number of rotatable bonds is 7. The van der Waals surface area contributed by atoms with Crippen LogP contribution in [0, 0.1) is 12.7 Å². The summed E-state index contributed by atoms with van der Waals surface area (Å²) in [5.41, 5.74) is 9.34. The maximum absolute atomic E-state index is 14.0. The molecule has 6 heteroatoms. The van der Waals surface area contributed by atoms with Crippen molar-refractivity contribution in [2.75, 3.05) is 5.32 Å². The predicted octanol–water partition coefficient (Wildman–Crippen LogP) is 7.51. The highest BCUT2D eigenvalue weighted by Crippen LogP contribution is 2.34. The van der Waals surface area contributed by atoms with E-state index in [1.54, 1.807) is 12.1 Å². The topological polar surface area (TPSA) is 69.4 Å². The van der Waals surface area contributed by atoms with E-state index < -0.39 is 0 Å². The Morgan fingerprint density at radius 1 is 1.06 bits per heavy atom. The molecule has 0 atom stereocenters. The molecule has 5 aromatic rings. The molecule has 0 fully saturated rings. The minimum Gasteiger partial charge on any atom is -0.382 e. The molecule has 0 bridgehead atoms. The Balaban J connectivity index is 1.57. The van der Waals surface area contributed by atoms with Crippen molar-refractivity contribution < 1.29 is 4.39 Å². The number of hydrogen-bond donors (Lipinski definition) is 3. The normalized spacial score (nSPS) is 11.9. The van der Waals surface area contributed by atoms with Crippen molar-refractivity contribution >= 4 is 22.2 Å². The highest BCUT2D eigenvalue weighted by Gasteiger charge is 2.17. The number of aromatic amines is 2. The molecule has 36 heavy (non-hydrogen) atoms. The van der Waals surface area contributed by atoms with Crippen molar-refractivity contribution in [2.45, 2.75) is 26.8 Å². The van der Waals surface area contributed by atoms with Crippen LogP contribution in [-0.2, 0) is 0 Å². The summed E-state index contributed by atoms with van der Waals surface area (Å²) in [5, 5.41) is 12.2. The third kappa shape index (κ3) is 4.58. The first-order chi connectivity index (χ1) is 17.4. The number of allylic oxidation sites excluding steroid dienone is 2. The molecule has 5 rings (SSSR count). The van der Waals surface area contributed by atoms with Gasteiger partial charge in [-0.15, -0.1) is 0 Å². The van der Waals surface area contributed by atoms with Gasteiger partial charge in [-0.2, -0.15) is 5.10 Å². The van der Waals surface area contributed by atoms with E-state index >= 15 is 0 Å². The average molecular weight is 478 g/mol. The van der Waals surface area contributed by atoms with Gasteiger partial charge in [0, 0.05) is 40.6 Å². The summed E-state index contributed by atoms with van der Waals surface area (Å²) < 4.78 is 14.0. The summed E-state index contributed by atoms with van der Waals surface area (Å²) in [6, 6.07) is 17.3. The predicted molar refractivity (Wildman–Crippen MR) is 146 cm³/mol. The Hall–Kier alpha value is -4.45. The van der Waals surface area contributed by atoms with E-state index in [0.717, 1.165) is 61.5 Å². The highest BCUT2D eigenvalue weighted by molar-refractivity contribution is 5.96. The summed E-state index contributed by atoms with van der Waals surface area (Å²) >= 11 is 0. The van der Waals surface area contributed by atoms with Crippen LogP contribution >= 0.6 is 0 Å². The monoisotopic (exact) mass is 477 g/mol. The number of aromatic nitrogens is 4. The summed E-state index contributed by atoms with van der Waals surface area (Å²) in [4.78, 5) is 7.89. The molecule has 0 aliphatic heterocycles. The van der Waals surface area contributed by atoms with E-state index in [-0.39, 0.29) is 5.82 Å². The molecule has 0 saturated carbocycles. The van der Waals surface area contributed by atoms with Gasteiger partial charge in [0.25, 0.3) is 0 Å². The first-order valence-corrected chi connectivity index (χ1v) is 11.9. The lowest BCUT2D eigenvalue weighted by molar-refractivity contribution is 0.627. The summed E-state index contributed by atoms with van der Waals surface area (Å²) in [6.07, 6.45) is 7.33. The van der Waals surface area contributed by atoms with Crippen LogP contribution < -0.4 is 5.32 Å². The Bertz CT molecular complexity index is 1590. The lowest BCUT2D eigenvalue weighted by Gasteiger charge is -2.11. The molecule has 3 heterocycles. The van der Waals surface area contributed by atoms with Crippen LogP contribution in [0.5, 0.6) is 0 Å². The molecule has 0 unspecified atom stereocenters. The first-order valence-electron chi connectivity index (χ1n) is 11.9. The minimum absolute atomic E-state index is 0.274. The van der Waals surface area contributed by atoms with Gasteiger partial charge in [0.15, 0.2) is 0 Å². The zero-order valence-corrected chi connectivity index (χ0v) is 20.6. The average Bonchev–Trinajstić information content (AvgIpc) is 3.45. The molecule has 0 aliphatic rings. The Morgan fingerprint density at radius 3 is 2.69 bits per heavy atom. The number of aryl methyl sites for hydroxylation is 1. The zero-order chi connectivity index (χ0) is 25.2.